The number of hydrogen-bond donors (Lipinski definition) is 0. The Balaban J connectivity index is 2.41. The molecule has 0 N–H and O–H groups in total. The summed E-state index contributed by atoms with van der Waals surface area (Å²) in [5.41, 5.74) is 0.738. The van der Waals surface area contributed by atoms with E-state index in [9.17, 15) is 4.39 Å². The van der Waals surface area contributed by atoms with Crippen LogP contribution in [-0.4, -0.2) is 21.3 Å². The van der Waals surface area contributed by atoms with Crippen LogP contribution in [0.15, 0.2) is 16.6 Å². The van der Waals surface area contributed by atoms with Gasteiger partial charge in [0, 0.05) is 10.0 Å². The van der Waals surface area contributed by atoms with Crippen LogP contribution in [0, 0.1) is 5.82 Å². The second kappa shape index (κ2) is 4.80. The fraction of sp³-hybridized carbons (Fsp3) is 0.500. The highest BCUT2D eigenvalue weighted by Crippen LogP contribution is 2.30. The van der Waals surface area contributed by atoms with Crippen LogP contribution in [0.5, 0.6) is 0 Å². The summed E-state index contributed by atoms with van der Waals surface area (Å²) in [5, 5.41) is 0.825. The van der Waals surface area contributed by atoms with E-state index in [0.29, 0.717) is 13.2 Å². The lowest BCUT2D eigenvalue weighted by Gasteiger charge is -2.20. The molecule has 1 saturated heterocycles. The highest BCUT2D eigenvalue weighted by molar-refractivity contribution is 9.10. The van der Waals surface area contributed by atoms with E-state index in [2.05, 4.69) is 35.6 Å². The molecule has 1 aromatic rings. The van der Waals surface area contributed by atoms with Gasteiger partial charge in [-0.2, -0.15) is 0 Å². The van der Waals surface area contributed by atoms with Crippen LogP contribution in [0.25, 0.3) is 0 Å². The van der Waals surface area contributed by atoms with Crippen molar-refractivity contribution in [2.45, 2.75) is 25.9 Å². The molecule has 0 unspecified atom stereocenters. The molecule has 5 heteroatoms. The van der Waals surface area contributed by atoms with Crippen LogP contribution in [0.3, 0.4) is 0 Å². The third kappa shape index (κ3) is 2.78. The Labute approximate surface area is 110 Å². The average Bonchev–Trinajstić information content (AvgIpc) is 2.72. The molecule has 94 valence electrons. The van der Waals surface area contributed by atoms with Crippen molar-refractivity contribution in [1.82, 2.24) is 0 Å². The molecule has 0 bridgehead atoms. The van der Waals surface area contributed by atoms with Gasteiger partial charge in [0.25, 0.3) is 0 Å². The number of benzene rings is 1. The van der Waals surface area contributed by atoms with Gasteiger partial charge in [0.15, 0.2) is 6.29 Å². The first-order valence-electron chi connectivity index (χ1n) is 5.62. The maximum absolute atomic E-state index is 14.1. The first-order chi connectivity index (χ1) is 7.89. The molecule has 0 radical (unpaired) electrons. The zero-order valence-electron chi connectivity index (χ0n) is 10.2. The molecule has 1 aliphatic heterocycles. The smallest absolute Gasteiger partial charge is 0.185 e. The summed E-state index contributed by atoms with van der Waals surface area (Å²) in [7, 11) is -1.66. The van der Waals surface area contributed by atoms with E-state index in [0.717, 1.165) is 15.2 Å². The molecule has 0 aliphatic carbocycles. The SMILES string of the molecule is C[Si](C)(C)c1cc(Br)c(C2OCCO2)cc1F. The normalized spacial score (nSPS) is 17.7. The molecule has 2 nitrogen and oxygen atoms in total. The molecule has 17 heavy (non-hydrogen) atoms. The molecule has 1 aromatic carbocycles. The predicted octanol–water partition coefficient (Wildman–Crippen LogP) is 3.18. The van der Waals surface area contributed by atoms with E-state index >= 15 is 0 Å². The first-order valence-corrected chi connectivity index (χ1v) is 9.91. The van der Waals surface area contributed by atoms with Crippen LogP contribution < -0.4 is 5.19 Å². The van der Waals surface area contributed by atoms with Gasteiger partial charge in [-0.05, 0) is 17.3 Å². The molecular weight excluding hydrogens is 303 g/mol. The van der Waals surface area contributed by atoms with Gasteiger partial charge in [-0.15, -0.1) is 0 Å². The van der Waals surface area contributed by atoms with Crippen molar-refractivity contribution in [2.75, 3.05) is 13.2 Å². The highest BCUT2D eigenvalue weighted by Gasteiger charge is 2.26. The molecule has 1 fully saturated rings. The molecular formula is C12H16BrFO2Si. The fourth-order valence-corrected chi connectivity index (χ4v) is 3.96. The summed E-state index contributed by atoms with van der Waals surface area (Å²) < 4.78 is 25.7. The van der Waals surface area contributed by atoms with E-state index in [1.165, 1.54) is 6.07 Å². The summed E-state index contributed by atoms with van der Waals surface area (Å²) in [6.07, 6.45) is -0.436. The Morgan fingerprint density at radius 2 is 1.82 bits per heavy atom. The molecule has 1 aliphatic rings. The zero-order chi connectivity index (χ0) is 12.6. The van der Waals surface area contributed by atoms with Crippen LogP contribution >= 0.6 is 15.9 Å². The van der Waals surface area contributed by atoms with Gasteiger partial charge in [-0.1, -0.05) is 35.6 Å². The monoisotopic (exact) mass is 318 g/mol. The molecule has 0 spiro atoms. The van der Waals surface area contributed by atoms with Crippen LogP contribution in [0.4, 0.5) is 4.39 Å². The minimum Gasteiger partial charge on any atom is -0.346 e. The predicted molar refractivity (Wildman–Crippen MR) is 71.7 cm³/mol. The number of rotatable bonds is 2. The minimum absolute atomic E-state index is 0.151. The molecule has 0 atom stereocenters. The van der Waals surface area contributed by atoms with Gasteiger partial charge in [-0.3, -0.25) is 0 Å². The maximum atomic E-state index is 14.1. The van der Waals surface area contributed by atoms with E-state index in [4.69, 9.17) is 9.47 Å². The van der Waals surface area contributed by atoms with Gasteiger partial charge >= 0.3 is 0 Å². The lowest BCUT2D eigenvalue weighted by Crippen LogP contribution is -2.40. The Hall–Kier alpha value is -0.233. The average molecular weight is 319 g/mol. The largest absolute Gasteiger partial charge is 0.346 e. The number of ether oxygens (including phenoxy) is 2. The summed E-state index contributed by atoms with van der Waals surface area (Å²) in [6, 6.07) is 3.41. The summed E-state index contributed by atoms with van der Waals surface area (Å²) in [5.74, 6) is -0.151. The molecule has 0 saturated carbocycles. The summed E-state index contributed by atoms with van der Waals surface area (Å²) in [4.78, 5) is 0. The van der Waals surface area contributed by atoms with Gasteiger partial charge in [-0.25, -0.2) is 4.39 Å². The Morgan fingerprint density at radius 1 is 1.24 bits per heavy atom. The van der Waals surface area contributed by atoms with Gasteiger partial charge in [0.2, 0.25) is 0 Å². The second-order valence-corrected chi connectivity index (χ2v) is 11.1. The highest BCUT2D eigenvalue weighted by atomic mass is 79.9. The van der Waals surface area contributed by atoms with Crippen molar-refractivity contribution in [3.8, 4) is 0 Å². The van der Waals surface area contributed by atoms with Crippen LogP contribution in [0.1, 0.15) is 11.9 Å². The Bertz CT molecular complexity index is 425. The van der Waals surface area contributed by atoms with Crippen molar-refractivity contribution >= 4 is 29.2 Å². The molecule has 0 aromatic heterocycles. The van der Waals surface area contributed by atoms with Crippen LogP contribution in [0.2, 0.25) is 19.6 Å². The van der Waals surface area contributed by atoms with Crippen molar-refractivity contribution in [1.29, 1.82) is 0 Å². The third-order valence-corrected chi connectivity index (χ3v) is 5.46. The van der Waals surface area contributed by atoms with E-state index in [1.807, 2.05) is 6.07 Å². The molecule has 0 amide bonds. The van der Waals surface area contributed by atoms with Gasteiger partial charge < -0.3 is 9.47 Å². The Morgan fingerprint density at radius 3 is 2.35 bits per heavy atom. The summed E-state index contributed by atoms with van der Waals surface area (Å²) in [6.45, 7) is 7.50. The quantitative estimate of drug-likeness (QED) is 0.780. The van der Waals surface area contributed by atoms with Crippen molar-refractivity contribution in [2.24, 2.45) is 0 Å². The third-order valence-electron chi connectivity index (χ3n) is 2.77. The fourth-order valence-electron chi connectivity index (χ4n) is 1.86. The lowest BCUT2D eigenvalue weighted by atomic mass is 10.2. The topological polar surface area (TPSA) is 18.5 Å². The standard InChI is InChI=1S/C12H16BrFO2Si/c1-17(2,3)11-7-9(13)8(6-10(11)14)12-15-4-5-16-12/h6-7,12H,4-5H2,1-3H3. The maximum Gasteiger partial charge on any atom is 0.185 e. The van der Waals surface area contributed by atoms with Crippen molar-refractivity contribution in [3.63, 3.8) is 0 Å². The van der Waals surface area contributed by atoms with E-state index in [-0.39, 0.29) is 5.82 Å². The van der Waals surface area contributed by atoms with Crippen LogP contribution in [-0.2, 0) is 9.47 Å². The van der Waals surface area contributed by atoms with Crippen molar-refractivity contribution in [3.05, 3.63) is 28.0 Å². The lowest BCUT2D eigenvalue weighted by molar-refractivity contribution is -0.0448. The minimum atomic E-state index is -1.66. The van der Waals surface area contributed by atoms with Gasteiger partial charge in [0.1, 0.15) is 5.82 Å². The second-order valence-electron chi connectivity index (χ2n) is 5.18. The number of hydrogen-bond acceptors (Lipinski definition) is 2. The van der Waals surface area contributed by atoms with E-state index in [1.54, 1.807) is 0 Å². The van der Waals surface area contributed by atoms with E-state index < -0.39 is 14.4 Å². The molecule has 2 rings (SSSR count). The van der Waals surface area contributed by atoms with Crippen molar-refractivity contribution < 1.29 is 13.9 Å². The Kier molecular flexibility index (Phi) is 3.73. The molecule has 1 heterocycles. The first kappa shape index (κ1) is 13.2. The van der Waals surface area contributed by atoms with Gasteiger partial charge in [0.05, 0.1) is 21.3 Å². The summed E-state index contributed by atoms with van der Waals surface area (Å²) >= 11 is 3.48. The zero-order valence-corrected chi connectivity index (χ0v) is 12.8. The number of halogens is 2.